The Kier molecular flexibility index (Phi) is 33.9. The summed E-state index contributed by atoms with van der Waals surface area (Å²) in [4.78, 5) is 34.6. The minimum absolute atomic E-state index is 0.0404. The Morgan fingerprint density at radius 1 is 0.612 bits per heavy atom. The third-order valence-corrected chi connectivity index (χ3v) is 8.40. The van der Waals surface area contributed by atoms with Crippen LogP contribution in [0.25, 0.3) is 0 Å². The zero-order valence-corrected chi connectivity index (χ0v) is 31.5. The number of unbranched alkanes of at least 4 members (excludes halogenated alkanes) is 11. The molecule has 0 fully saturated rings. The summed E-state index contributed by atoms with van der Waals surface area (Å²) in [5, 5.41) is 0. The molecule has 0 heterocycles. The molecule has 0 saturated carbocycles. The summed E-state index contributed by atoms with van der Waals surface area (Å²) in [5.74, 6) is -0.933. The normalized spacial score (nSPS) is 14.1. The van der Waals surface area contributed by atoms with Crippen molar-refractivity contribution in [2.45, 2.75) is 148 Å². The Labute approximate surface area is 298 Å². The highest BCUT2D eigenvalue weighted by Crippen LogP contribution is 2.43. The van der Waals surface area contributed by atoms with Gasteiger partial charge < -0.3 is 20.1 Å². The summed E-state index contributed by atoms with van der Waals surface area (Å²) in [7, 11) is -4.39. The quantitative estimate of drug-likeness (QED) is 0.0290. The second-order valence-corrected chi connectivity index (χ2v) is 13.5. The van der Waals surface area contributed by atoms with E-state index in [0.717, 1.165) is 44.9 Å². The number of carbonyl (C=O) groups is 2. The Bertz CT molecular complexity index is 992. The number of esters is 2. The van der Waals surface area contributed by atoms with Crippen LogP contribution in [0.5, 0.6) is 0 Å². The third kappa shape index (κ3) is 35.3. The van der Waals surface area contributed by atoms with E-state index in [-0.39, 0.29) is 32.6 Å². The number of nitrogens with two attached hydrogens (primary N) is 1. The lowest BCUT2D eigenvalue weighted by Crippen LogP contribution is -2.29. The predicted molar refractivity (Wildman–Crippen MR) is 201 cm³/mol. The Morgan fingerprint density at radius 3 is 1.65 bits per heavy atom. The van der Waals surface area contributed by atoms with Gasteiger partial charge in [0.1, 0.15) is 6.61 Å². The first kappa shape index (κ1) is 46.7. The van der Waals surface area contributed by atoms with Crippen molar-refractivity contribution in [2.24, 2.45) is 5.73 Å². The molecule has 0 aliphatic heterocycles. The summed E-state index contributed by atoms with van der Waals surface area (Å²) in [5.41, 5.74) is 5.32. The molecule has 0 saturated heterocycles. The highest BCUT2D eigenvalue weighted by molar-refractivity contribution is 7.47. The van der Waals surface area contributed by atoms with Gasteiger partial charge in [0, 0.05) is 19.4 Å². The molecule has 0 radical (unpaired) electrons. The Morgan fingerprint density at radius 2 is 1.10 bits per heavy atom. The first-order valence-electron chi connectivity index (χ1n) is 18.8. The average molecular weight is 710 g/mol. The smallest absolute Gasteiger partial charge is 0.462 e. The van der Waals surface area contributed by atoms with Gasteiger partial charge >= 0.3 is 19.8 Å². The molecular weight excluding hydrogens is 641 g/mol. The van der Waals surface area contributed by atoms with Gasteiger partial charge in [-0.1, -0.05) is 139 Å². The summed E-state index contributed by atoms with van der Waals surface area (Å²) in [6, 6.07) is 0. The molecule has 0 aromatic heterocycles. The molecule has 282 valence electrons. The van der Waals surface area contributed by atoms with Crippen molar-refractivity contribution in [3.63, 3.8) is 0 Å². The molecule has 3 N–H and O–H groups in total. The van der Waals surface area contributed by atoms with E-state index in [1.807, 2.05) is 12.2 Å². The molecule has 0 spiro atoms. The van der Waals surface area contributed by atoms with Crippen molar-refractivity contribution in [3.05, 3.63) is 60.8 Å². The zero-order valence-electron chi connectivity index (χ0n) is 30.7. The molecule has 0 amide bonds. The van der Waals surface area contributed by atoms with Crippen molar-refractivity contribution >= 4 is 19.8 Å². The van der Waals surface area contributed by atoms with Crippen LogP contribution in [0.1, 0.15) is 142 Å². The van der Waals surface area contributed by atoms with Gasteiger partial charge in [0.2, 0.25) is 0 Å². The maximum atomic E-state index is 12.5. The number of phosphoric ester groups is 1. The monoisotopic (exact) mass is 709 g/mol. The Balaban J connectivity index is 4.37. The molecule has 0 aliphatic rings. The first-order chi connectivity index (χ1) is 23.8. The largest absolute Gasteiger partial charge is 0.472 e. The summed E-state index contributed by atoms with van der Waals surface area (Å²) >= 11 is 0. The molecule has 0 bridgehead atoms. The minimum Gasteiger partial charge on any atom is -0.462 e. The highest BCUT2D eigenvalue weighted by atomic mass is 31.2. The van der Waals surface area contributed by atoms with Crippen molar-refractivity contribution in [1.82, 2.24) is 0 Å². The standard InChI is InChI=1S/C39H68NO8P/c1-3-5-7-9-11-13-14-15-16-17-18-19-20-21-22-24-26-28-30-32-39(42)48-37(36-47-49(43,44)46-34-33-40)35-45-38(41)31-29-27-25-23-12-10-8-6-4-2/h11,13,15-16,18-19,21-22,26,28,37H,3-10,12,14,17,20,23-25,27,29-36,40H2,1-2H3,(H,43,44)/b13-11+,16-15+,19-18+,22-21+,28-26+/t37-/m1/s1. The van der Waals surface area contributed by atoms with Crippen molar-refractivity contribution in [2.75, 3.05) is 26.4 Å². The van der Waals surface area contributed by atoms with Gasteiger partial charge in [0.15, 0.2) is 6.10 Å². The van der Waals surface area contributed by atoms with E-state index in [1.165, 1.54) is 64.2 Å². The second kappa shape index (κ2) is 35.5. The maximum Gasteiger partial charge on any atom is 0.472 e. The Hall–Kier alpha value is -2.29. The molecule has 49 heavy (non-hydrogen) atoms. The molecule has 1 unspecified atom stereocenters. The molecule has 9 nitrogen and oxygen atoms in total. The van der Waals surface area contributed by atoms with Crippen LogP contribution in [-0.2, 0) is 32.7 Å². The van der Waals surface area contributed by atoms with Gasteiger partial charge in [-0.05, 0) is 51.4 Å². The van der Waals surface area contributed by atoms with E-state index in [4.69, 9.17) is 24.3 Å². The number of allylic oxidation sites excluding steroid dienone is 10. The lowest BCUT2D eigenvalue weighted by atomic mass is 10.1. The van der Waals surface area contributed by atoms with Crippen LogP contribution in [-0.4, -0.2) is 49.3 Å². The molecule has 10 heteroatoms. The lowest BCUT2D eigenvalue weighted by molar-refractivity contribution is -0.161. The number of rotatable bonds is 34. The van der Waals surface area contributed by atoms with Crippen molar-refractivity contribution in [3.8, 4) is 0 Å². The number of ether oxygens (including phenoxy) is 2. The van der Waals surface area contributed by atoms with E-state index in [9.17, 15) is 19.0 Å². The van der Waals surface area contributed by atoms with E-state index in [2.05, 4.69) is 62.5 Å². The van der Waals surface area contributed by atoms with Crippen LogP contribution in [0.3, 0.4) is 0 Å². The first-order valence-corrected chi connectivity index (χ1v) is 20.3. The molecule has 0 aliphatic carbocycles. The van der Waals surface area contributed by atoms with Crippen LogP contribution >= 0.6 is 7.82 Å². The number of phosphoric acid groups is 1. The van der Waals surface area contributed by atoms with Gasteiger partial charge in [0.05, 0.1) is 13.2 Å². The summed E-state index contributed by atoms with van der Waals surface area (Å²) in [6.45, 7) is 3.56. The van der Waals surface area contributed by atoms with Crippen LogP contribution in [0, 0.1) is 0 Å². The van der Waals surface area contributed by atoms with Crippen LogP contribution in [0.15, 0.2) is 60.8 Å². The number of hydrogen-bond donors (Lipinski definition) is 2. The highest BCUT2D eigenvalue weighted by Gasteiger charge is 2.25. The van der Waals surface area contributed by atoms with E-state index in [1.54, 1.807) is 0 Å². The lowest BCUT2D eigenvalue weighted by Gasteiger charge is -2.19. The molecule has 2 atom stereocenters. The van der Waals surface area contributed by atoms with Gasteiger partial charge in [-0.3, -0.25) is 18.6 Å². The third-order valence-electron chi connectivity index (χ3n) is 7.42. The predicted octanol–water partition coefficient (Wildman–Crippen LogP) is 10.2. The van der Waals surface area contributed by atoms with Crippen molar-refractivity contribution < 1.29 is 37.6 Å². The van der Waals surface area contributed by atoms with Gasteiger partial charge in [-0.15, -0.1) is 0 Å². The van der Waals surface area contributed by atoms with Crippen molar-refractivity contribution in [1.29, 1.82) is 0 Å². The van der Waals surface area contributed by atoms with Gasteiger partial charge in [0.25, 0.3) is 0 Å². The fraction of sp³-hybridized carbons (Fsp3) is 0.692. The fourth-order valence-corrected chi connectivity index (χ4v) is 5.38. The van der Waals surface area contributed by atoms with Gasteiger partial charge in [-0.25, -0.2) is 4.57 Å². The topological polar surface area (TPSA) is 134 Å². The maximum absolute atomic E-state index is 12.5. The van der Waals surface area contributed by atoms with E-state index < -0.39 is 32.5 Å². The average Bonchev–Trinajstić information content (AvgIpc) is 3.08. The SMILES string of the molecule is CCCCC/C=C/C/C=C/C/C=C/C/C=C/C/C=C/CCC(=O)O[C@H](COC(=O)CCCCCCCCCCC)COP(=O)(O)OCCN. The summed E-state index contributed by atoms with van der Waals surface area (Å²) < 4.78 is 32.5. The minimum atomic E-state index is -4.39. The molecule has 0 aromatic carbocycles. The summed E-state index contributed by atoms with van der Waals surface area (Å²) in [6.07, 6.45) is 39.9. The van der Waals surface area contributed by atoms with E-state index >= 15 is 0 Å². The molecule has 0 aromatic rings. The number of carbonyl (C=O) groups excluding carboxylic acids is 2. The van der Waals surface area contributed by atoms with Gasteiger partial charge in [-0.2, -0.15) is 0 Å². The van der Waals surface area contributed by atoms with E-state index in [0.29, 0.717) is 6.42 Å². The van der Waals surface area contributed by atoms with Crippen LogP contribution in [0.2, 0.25) is 0 Å². The molecular formula is C39H68NO8P. The zero-order chi connectivity index (χ0) is 36.1. The molecule has 0 rings (SSSR count). The fourth-order valence-electron chi connectivity index (χ4n) is 4.61. The van der Waals surface area contributed by atoms with Crippen LogP contribution < -0.4 is 5.73 Å². The second-order valence-electron chi connectivity index (χ2n) is 12.1. The number of hydrogen-bond acceptors (Lipinski definition) is 8. The van der Waals surface area contributed by atoms with Crippen LogP contribution in [0.4, 0.5) is 0 Å².